The van der Waals surface area contributed by atoms with Crippen LogP contribution in [0.1, 0.15) is 118 Å². The van der Waals surface area contributed by atoms with Gasteiger partial charge in [-0.2, -0.15) is 25.5 Å². The van der Waals surface area contributed by atoms with Crippen LogP contribution in [0, 0.1) is 62.4 Å². The summed E-state index contributed by atoms with van der Waals surface area (Å²) in [6, 6.07) is 22.4. The number of fused-ring (bicyclic) bond motifs is 7. The summed E-state index contributed by atoms with van der Waals surface area (Å²) >= 11 is 0. The Labute approximate surface area is 555 Å². The summed E-state index contributed by atoms with van der Waals surface area (Å²) in [4.78, 5) is 22.9. The van der Waals surface area contributed by atoms with Crippen LogP contribution in [0.4, 0.5) is 24.8 Å². The van der Waals surface area contributed by atoms with Crippen molar-refractivity contribution in [2.75, 3.05) is 82.8 Å². The molecule has 9 aromatic heterocycles. The molecule has 1 unspecified atom stereocenters. The molecule has 0 radical (unpaired) electrons. The van der Waals surface area contributed by atoms with Crippen LogP contribution in [-0.4, -0.2) is 163 Å². The number of aromatic nitrogens is 15. The van der Waals surface area contributed by atoms with E-state index < -0.39 is 0 Å². The summed E-state index contributed by atoms with van der Waals surface area (Å²) in [6.07, 6.45) is 10.1. The zero-order valence-electron chi connectivity index (χ0n) is 56.4. The van der Waals surface area contributed by atoms with E-state index in [2.05, 4.69) is 124 Å². The molecule has 20 nitrogen and oxygen atoms in total. The van der Waals surface area contributed by atoms with E-state index >= 15 is 13.2 Å². The molecule has 96 heavy (non-hydrogen) atoms. The van der Waals surface area contributed by atoms with Gasteiger partial charge in [0, 0.05) is 87.5 Å². The van der Waals surface area contributed by atoms with Gasteiger partial charge in [-0.15, -0.1) is 20.4 Å². The van der Waals surface area contributed by atoms with E-state index in [1.807, 2.05) is 101 Å². The third kappa shape index (κ3) is 11.9. The predicted octanol–water partition coefficient (Wildman–Crippen LogP) is 12.3. The highest BCUT2D eigenvalue weighted by molar-refractivity contribution is 5.88. The van der Waals surface area contributed by atoms with Crippen LogP contribution in [0.3, 0.4) is 0 Å². The van der Waals surface area contributed by atoms with Crippen LogP contribution in [-0.2, 0) is 0 Å². The first-order valence-corrected chi connectivity index (χ1v) is 33.8. The number of imidazole rings is 3. The lowest BCUT2D eigenvalue weighted by atomic mass is 9.72. The van der Waals surface area contributed by atoms with Crippen LogP contribution in [0.5, 0.6) is 0 Å². The molecule has 23 heteroatoms. The van der Waals surface area contributed by atoms with Crippen molar-refractivity contribution in [2.24, 2.45) is 17.3 Å². The SMILES string of the molecule is CCN1CCC(c2cc3c(F)cc(-c4cc(C(C)C)c5nc(C)cn5n4)cc3nn2)CC1.Cc1cn2nc(-c3cc(F)c4cc(N5CC6(CCNCC6)C5)nnc4c3)cc(C)c2n1.Cc1cn2nc(-c3cc(F)c4cc(N5C[C@@H]6C(N(C)C)[C@@H]6C5)nnc4c3)cc(C(C)C)c2n1. The minimum Gasteiger partial charge on any atom is -0.354 e. The van der Waals surface area contributed by atoms with E-state index in [9.17, 15) is 0 Å². The lowest BCUT2D eigenvalue weighted by molar-refractivity contribution is 0.149. The first-order valence-electron chi connectivity index (χ1n) is 33.8. The molecule has 0 amide bonds. The number of benzene rings is 3. The Kier molecular flexibility index (Phi) is 16.2. The Bertz CT molecular complexity index is 4960. The number of hydrogen-bond acceptors (Lipinski definition) is 17. The van der Waals surface area contributed by atoms with Crippen molar-refractivity contribution in [2.45, 2.75) is 112 Å². The van der Waals surface area contributed by atoms with Crippen molar-refractivity contribution in [1.29, 1.82) is 0 Å². The average molecular weight is 1300 g/mol. The molecule has 12 aromatic rings. The number of hydrogen-bond donors (Lipinski definition) is 1. The summed E-state index contributed by atoms with van der Waals surface area (Å²) in [7, 11) is 4.28. The number of halogens is 3. The number of rotatable bonds is 10. The second-order valence-electron chi connectivity index (χ2n) is 28.3. The normalized spacial score (nSPS) is 18.8. The summed E-state index contributed by atoms with van der Waals surface area (Å²) < 4.78 is 51.0. The molecular formula is C73H81F3N20. The quantitative estimate of drug-likeness (QED) is 0.136. The lowest BCUT2D eigenvalue weighted by Crippen LogP contribution is -2.60. The van der Waals surface area contributed by atoms with Gasteiger partial charge in [-0.3, -0.25) is 0 Å². The van der Waals surface area contributed by atoms with Gasteiger partial charge in [-0.1, -0.05) is 34.6 Å². The number of likely N-dealkylation sites (tertiary alicyclic amines) is 1. The number of nitrogens with one attached hydrogen (secondary N) is 1. The molecule has 4 aliphatic heterocycles. The minimum atomic E-state index is -0.304. The third-order valence-corrected chi connectivity index (χ3v) is 20.5. The van der Waals surface area contributed by atoms with Gasteiger partial charge in [0.05, 0.1) is 75.0 Å². The van der Waals surface area contributed by atoms with E-state index in [-0.39, 0.29) is 29.3 Å². The van der Waals surface area contributed by atoms with Crippen LogP contribution < -0.4 is 15.1 Å². The van der Waals surface area contributed by atoms with Gasteiger partial charge in [-0.05, 0) is 202 Å². The minimum absolute atomic E-state index is 0.266. The van der Waals surface area contributed by atoms with Crippen molar-refractivity contribution < 1.29 is 13.2 Å². The van der Waals surface area contributed by atoms with Gasteiger partial charge in [0.25, 0.3) is 0 Å². The summed E-state index contributed by atoms with van der Waals surface area (Å²) in [5, 5.41) is 45.5. The fraction of sp³-hybridized carbons (Fsp3) is 0.425. The zero-order valence-corrected chi connectivity index (χ0v) is 56.4. The second kappa shape index (κ2) is 24.8. The van der Waals surface area contributed by atoms with E-state index in [0.29, 0.717) is 95.7 Å². The molecule has 5 aliphatic rings. The number of nitrogens with zero attached hydrogens (tertiary/aromatic N) is 19. The summed E-state index contributed by atoms with van der Waals surface area (Å²) in [5.74, 6) is 2.86. The average Bonchev–Trinajstić information content (AvgIpc) is 1.31. The van der Waals surface area contributed by atoms with E-state index in [1.54, 1.807) is 25.7 Å². The first-order chi connectivity index (χ1) is 46.2. The molecule has 4 saturated heterocycles. The van der Waals surface area contributed by atoms with Gasteiger partial charge >= 0.3 is 0 Å². The molecular weight excluding hydrogens is 1210 g/mol. The second-order valence-corrected chi connectivity index (χ2v) is 28.3. The molecule has 1 spiro atoms. The van der Waals surface area contributed by atoms with Crippen molar-refractivity contribution in [3.63, 3.8) is 0 Å². The van der Waals surface area contributed by atoms with Crippen LogP contribution in [0.25, 0.3) is 83.4 Å². The molecule has 5 fully saturated rings. The molecule has 17 rings (SSSR count). The Hall–Kier alpha value is -9.19. The van der Waals surface area contributed by atoms with Gasteiger partial charge < -0.3 is 24.9 Å². The molecule has 13 heterocycles. The van der Waals surface area contributed by atoms with Crippen LogP contribution in [0.2, 0.25) is 0 Å². The Morgan fingerprint density at radius 1 is 0.531 bits per heavy atom. The van der Waals surface area contributed by atoms with Gasteiger partial charge in [-0.25, -0.2) is 41.7 Å². The van der Waals surface area contributed by atoms with Crippen LogP contribution in [0.15, 0.2) is 91.4 Å². The Balaban J connectivity index is 0.000000118. The molecule has 3 atom stereocenters. The van der Waals surface area contributed by atoms with E-state index in [1.165, 1.54) is 18.9 Å². The lowest BCUT2D eigenvalue weighted by Gasteiger charge is -2.52. The number of aryl methyl sites for hydroxylation is 4. The number of piperidine rings is 3. The first kappa shape index (κ1) is 62.9. The smallest absolute Gasteiger partial charge is 0.157 e. The van der Waals surface area contributed by atoms with Crippen LogP contribution >= 0.6 is 0 Å². The maximum atomic E-state index is 15.3. The van der Waals surface area contributed by atoms with Crippen molar-refractivity contribution in [3.8, 4) is 33.8 Å². The largest absolute Gasteiger partial charge is 0.354 e. The highest BCUT2D eigenvalue weighted by Gasteiger charge is 2.57. The standard InChI is InChI=1S/C25H28FN7.C25H29FN6.C23H24FN7/c1-13(2)16-8-21(30-33-10-14(3)27-25(16)33)15-6-20(26)17-9-23(29-28-22(17)7-15)32-11-18-19(12-32)24(18)31(4)5;1-5-31-8-6-17(7-9-31)22-13-20-21(26)10-18(11-24(20)29-28-22)23-12-19(15(2)3)25-27-16(4)14-32(25)30-23;1-14-7-19(29-31-11-15(2)26-22(14)31)16-8-18(24)17-10-21(28-27-20(17)9-16)30-12-23(13-30)3-5-25-6-4-23/h6-10,13,18-19,24H,11-12H2,1-5H3;10-15,17H,5-9H2,1-4H3;7-11,25H,3-6,12-13H2,1-2H3/t18-,19+,24?;;. The fourth-order valence-electron chi connectivity index (χ4n) is 15.2. The maximum absolute atomic E-state index is 15.3. The molecule has 1 N–H and O–H groups in total. The van der Waals surface area contributed by atoms with Crippen molar-refractivity contribution >= 4 is 61.3 Å². The predicted molar refractivity (Wildman–Crippen MR) is 369 cm³/mol. The van der Waals surface area contributed by atoms with Crippen molar-refractivity contribution in [3.05, 3.63) is 148 Å². The number of anilines is 2. The Morgan fingerprint density at radius 2 is 0.969 bits per heavy atom. The highest BCUT2D eigenvalue weighted by Crippen LogP contribution is 2.49. The van der Waals surface area contributed by atoms with Gasteiger partial charge in [0.15, 0.2) is 28.6 Å². The maximum Gasteiger partial charge on any atom is 0.157 e. The van der Waals surface area contributed by atoms with Gasteiger partial charge in [0.2, 0.25) is 0 Å². The molecule has 0 bridgehead atoms. The van der Waals surface area contributed by atoms with E-state index in [0.717, 1.165) is 140 Å². The zero-order chi connectivity index (χ0) is 66.6. The molecule has 494 valence electrons. The summed E-state index contributed by atoms with van der Waals surface area (Å²) in [6.45, 7) is 27.7. The van der Waals surface area contributed by atoms with E-state index in [4.69, 9.17) is 10.2 Å². The van der Waals surface area contributed by atoms with Crippen molar-refractivity contribution in [1.82, 2.24) is 89.5 Å². The molecule has 1 saturated carbocycles. The third-order valence-electron chi connectivity index (χ3n) is 20.5. The molecule has 3 aromatic carbocycles. The summed E-state index contributed by atoms with van der Waals surface area (Å²) in [5.41, 5.74) is 15.5. The monoisotopic (exact) mass is 1290 g/mol. The fourth-order valence-corrected chi connectivity index (χ4v) is 15.2. The Morgan fingerprint density at radius 3 is 1.44 bits per heavy atom. The topological polar surface area (TPSA) is 193 Å². The van der Waals surface area contributed by atoms with Gasteiger partial charge in [0.1, 0.15) is 17.5 Å². The highest BCUT2D eigenvalue weighted by atomic mass is 19.1. The molecule has 1 aliphatic carbocycles.